The summed E-state index contributed by atoms with van der Waals surface area (Å²) in [6.07, 6.45) is 3.97. The molecule has 0 saturated heterocycles. The molecular formula is C15H16F2N2OS. The molecule has 0 aliphatic heterocycles. The summed E-state index contributed by atoms with van der Waals surface area (Å²) in [4.78, 5) is 12.8. The quantitative estimate of drug-likeness (QED) is 0.838. The molecule has 1 amide bonds. The van der Waals surface area contributed by atoms with Crippen LogP contribution in [0.1, 0.15) is 32.1 Å². The molecular weight excluding hydrogens is 294 g/mol. The van der Waals surface area contributed by atoms with E-state index >= 15 is 0 Å². The molecule has 112 valence electrons. The van der Waals surface area contributed by atoms with Crippen LogP contribution < -0.4 is 5.32 Å². The van der Waals surface area contributed by atoms with Gasteiger partial charge in [0.1, 0.15) is 5.41 Å². The molecule has 0 spiro atoms. The average molecular weight is 310 g/mol. The predicted octanol–water partition coefficient (Wildman–Crippen LogP) is 4.41. The molecule has 1 aliphatic rings. The summed E-state index contributed by atoms with van der Waals surface area (Å²) in [6.45, 7) is 0. The SMILES string of the molecule is N#CC1(C(=O)Nc2ccc(SC(F)F)cc2)CCCCC1. The number of hydrogen-bond acceptors (Lipinski definition) is 3. The highest BCUT2D eigenvalue weighted by Crippen LogP contribution is 2.37. The first-order valence-electron chi connectivity index (χ1n) is 6.83. The van der Waals surface area contributed by atoms with E-state index in [4.69, 9.17) is 0 Å². The number of carbonyl (C=O) groups is 1. The van der Waals surface area contributed by atoms with Gasteiger partial charge in [-0.05, 0) is 37.1 Å². The highest BCUT2D eigenvalue weighted by molar-refractivity contribution is 7.99. The summed E-state index contributed by atoms with van der Waals surface area (Å²) in [7, 11) is 0. The van der Waals surface area contributed by atoms with E-state index in [1.165, 1.54) is 12.1 Å². The largest absolute Gasteiger partial charge is 0.325 e. The zero-order valence-electron chi connectivity index (χ0n) is 11.4. The van der Waals surface area contributed by atoms with Gasteiger partial charge in [-0.25, -0.2) is 0 Å². The van der Waals surface area contributed by atoms with Gasteiger partial charge in [0.25, 0.3) is 5.76 Å². The van der Waals surface area contributed by atoms with E-state index in [2.05, 4.69) is 11.4 Å². The number of nitrogens with zero attached hydrogens (tertiary/aromatic N) is 1. The molecule has 3 nitrogen and oxygen atoms in total. The third-order valence-corrected chi connectivity index (χ3v) is 4.42. The molecule has 0 aromatic heterocycles. The summed E-state index contributed by atoms with van der Waals surface area (Å²) in [5, 5.41) is 12.1. The van der Waals surface area contributed by atoms with Gasteiger partial charge in [0.2, 0.25) is 5.91 Å². The number of alkyl halides is 2. The summed E-state index contributed by atoms with van der Waals surface area (Å²) in [6, 6.07) is 8.39. The van der Waals surface area contributed by atoms with E-state index < -0.39 is 11.2 Å². The summed E-state index contributed by atoms with van der Waals surface area (Å²) in [5.41, 5.74) is -0.423. The predicted molar refractivity (Wildman–Crippen MR) is 78.1 cm³/mol. The standard InChI is InChI=1S/C15H16F2N2OS/c16-14(17)21-12-6-4-11(5-7-12)19-13(20)15(10-18)8-2-1-3-9-15/h4-7,14H,1-3,8-9H2,(H,19,20). The number of amides is 1. The zero-order valence-corrected chi connectivity index (χ0v) is 12.3. The summed E-state index contributed by atoms with van der Waals surface area (Å²) >= 11 is 0.459. The smallest absolute Gasteiger partial charge is 0.288 e. The maximum Gasteiger partial charge on any atom is 0.288 e. The zero-order chi connectivity index (χ0) is 15.3. The van der Waals surface area contributed by atoms with Crippen molar-refractivity contribution < 1.29 is 13.6 Å². The second-order valence-corrected chi connectivity index (χ2v) is 6.18. The van der Waals surface area contributed by atoms with Crippen molar-refractivity contribution >= 4 is 23.4 Å². The molecule has 6 heteroatoms. The molecule has 2 rings (SSSR count). The van der Waals surface area contributed by atoms with Crippen molar-refractivity contribution in [3.63, 3.8) is 0 Å². The van der Waals surface area contributed by atoms with Crippen LogP contribution in [0.25, 0.3) is 0 Å². The van der Waals surface area contributed by atoms with E-state index in [-0.39, 0.29) is 5.91 Å². The molecule has 1 saturated carbocycles. The minimum absolute atomic E-state index is 0.293. The number of carbonyl (C=O) groups excluding carboxylic acids is 1. The average Bonchev–Trinajstić information content (AvgIpc) is 2.49. The van der Waals surface area contributed by atoms with Gasteiger partial charge < -0.3 is 5.32 Å². The van der Waals surface area contributed by atoms with E-state index in [1.807, 2.05) is 0 Å². The first-order valence-corrected chi connectivity index (χ1v) is 7.71. The lowest BCUT2D eigenvalue weighted by Crippen LogP contribution is -2.36. The molecule has 21 heavy (non-hydrogen) atoms. The number of thioether (sulfide) groups is 1. The number of benzene rings is 1. The summed E-state index contributed by atoms with van der Waals surface area (Å²) in [5.74, 6) is -2.76. The van der Waals surface area contributed by atoms with Crippen LogP contribution in [0, 0.1) is 16.7 Å². The molecule has 0 atom stereocenters. The van der Waals surface area contributed by atoms with E-state index in [0.717, 1.165) is 19.3 Å². The van der Waals surface area contributed by atoms with Crippen LogP contribution in [-0.2, 0) is 4.79 Å². The van der Waals surface area contributed by atoms with Crippen LogP contribution in [0.3, 0.4) is 0 Å². The summed E-state index contributed by atoms with van der Waals surface area (Å²) < 4.78 is 24.5. The van der Waals surface area contributed by atoms with Crippen molar-refractivity contribution in [3.05, 3.63) is 24.3 Å². The molecule has 0 heterocycles. The molecule has 1 aliphatic carbocycles. The number of rotatable bonds is 4. The van der Waals surface area contributed by atoms with Crippen LogP contribution in [0.2, 0.25) is 0 Å². The maximum absolute atomic E-state index is 12.3. The third-order valence-electron chi connectivity index (χ3n) is 3.69. The highest BCUT2D eigenvalue weighted by Gasteiger charge is 2.39. The van der Waals surface area contributed by atoms with Gasteiger partial charge in [0, 0.05) is 10.6 Å². The fraction of sp³-hybridized carbons (Fsp3) is 0.467. The van der Waals surface area contributed by atoms with Crippen molar-refractivity contribution in [2.24, 2.45) is 5.41 Å². The Hall–Kier alpha value is -1.61. The topological polar surface area (TPSA) is 52.9 Å². The normalized spacial score (nSPS) is 17.2. The van der Waals surface area contributed by atoms with Crippen LogP contribution in [0.15, 0.2) is 29.2 Å². The Balaban J connectivity index is 2.03. The van der Waals surface area contributed by atoms with Crippen LogP contribution in [0.4, 0.5) is 14.5 Å². The van der Waals surface area contributed by atoms with Gasteiger partial charge in [-0.1, -0.05) is 31.0 Å². The third kappa shape index (κ3) is 3.94. The van der Waals surface area contributed by atoms with Gasteiger partial charge in [-0.2, -0.15) is 14.0 Å². The van der Waals surface area contributed by atoms with Crippen LogP contribution in [0.5, 0.6) is 0 Å². The molecule has 0 unspecified atom stereocenters. The Morgan fingerprint density at radius 3 is 2.38 bits per heavy atom. The lowest BCUT2D eigenvalue weighted by atomic mass is 9.74. The minimum atomic E-state index is -2.46. The molecule has 1 aromatic rings. The van der Waals surface area contributed by atoms with Crippen molar-refractivity contribution in [2.75, 3.05) is 5.32 Å². The van der Waals surface area contributed by atoms with Gasteiger partial charge >= 0.3 is 0 Å². The van der Waals surface area contributed by atoms with E-state index in [9.17, 15) is 18.8 Å². The van der Waals surface area contributed by atoms with Crippen molar-refractivity contribution in [2.45, 2.75) is 42.8 Å². The van der Waals surface area contributed by atoms with E-state index in [0.29, 0.717) is 35.2 Å². The fourth-order valence-electron chi connectivity index (χ4n) is 2.52. The molecule has 1 N–H and O–H groups in total. The highest BCUT2D eigenvalue weighted by atomic mass is 32.2. The van der Waals surface area contributed by atoms with Crippen LogP contribution >= 0.6 is 11.8 Å². The Morgan fingerprint density at radius 1 is 1.24 bits per heavy atom. The second kappa shape index (κ2) is 6.90. The Morgan fingerprint density at radius 2 is 1.86 bits per heavy atom. The number of anilines is 1. The fourth-order valence-corrected chi connectivity index (χ4v) is 3.01. The maximum atomic E-state index is 12.3. The van der Waals surface area contributed by atoms with Gasteiger partial charge in [-0.3, -0.25) is 4.79 Å². The number of halogens is 2. The van der Waals surface area contributed by atoms with Crippen molar-refractivity contribution in [1.29, 1.82) is 5.26 Å². The second-order valence-electron chi connectivity index (χ2n) is 5.11. The Bertz CT molecular complexity index is 534. The van der Waals surface area contributed by atoms with Crippen molar-refractivity contribution in [3.8, 4) is 6.07 Å². The molecule has 0 bridgehead atoms. The molecule has 1 fully saturated rings. The Labute approximate surface area is 126 Å². The lowest BCUT2D eigenvalue weighted by molar-refractivity contribution is -0.124. The van der Waals surface area contributed by atoms with Gasteiger partial charge in [-0.15, -0.1) is 0 Å². The number of hydrogen-bond donors (Lipinski definition) is 1. The van der Waals surface area contributed by atoms with E-state index in [1.54, 1.807) is 12.1 Å². The van der Waals surface area contributed by atoms with Crippen LogP contribution in [-0.4, -0.2) is 11.7 Å². The van der Waals surface area contributed by atoms with Gasteiger partial charge in [0.15, 0.2) is 0 Å². The van der Waals surface area contributed by atoms with Gasteiger partial charge in [0.05, 0.1) is 6.07 Å². The first kappa shape index (κ1) is 15.8. The Kier molecular flexibility index (Phi) is 5.18. The first-order chi connectivity index (χ1) is 10.1. The minimum Gasteiger partial charge on any atom is -0.325 e. The van der Waals surface area contributed by atoms with Crippen molar-refractivity contribution in [1.82, 2.24) is 0 Å². The number of nitrogens with one attached hydrogen (secondary N) is 1. The molecule has 0 radical (unpaired) electrons. The molecule has 1 aromatic carbocycles. The lowest BCUT2D eigenvalue weighted by Gasteiger charge is -2.29. The number of nitriles is 1. The monoisotopic (exact) mass is 310 g/mol.